The van der Waals surface area contributed by atoms with Crippen molar-refractivity contribution in [3.8, 4) is 11.4 Å². The zero-order chi connectivity index (χ0) is 35.0. The van der Waals surface area contributed by atoms with E-state index >= 15 is 0 Å². The van der Waals surface area contributed by atoms with Crippen molar-refractivity contribution in [1.82, 2.24) is 14.9 Å². The number of carbonyl (C=O) groups is 1. The first-order valence-electron chi connectivity index (χ1n) is 14.6. The standard InChI is InChI=1S/C31H33N7O8S2/c1-5-37(14-15-39)23-12-10-21(11-13-23)32-26-27(31(2,3)4)35-38-29(26)34-28(36-38)19-6-8-22(9-7-19)33-30(40)20-16-24(47(41,42)43)18-25(17-20)48(44,45)46/h6-13,16-18,39H,5,14-15H2,1-4H3,(H,33,40)(H,41,42,43)(H,44,45,46). The largest absolute Gasteiger partial charge is 0.395 e. The Labute approximate surface area is 277 Å². The molecule has 0 atom stereocenters. The Hall–Kier alpha value is -4.81. The van der Waals surface area contributed by atoms with E-state index in [1.807, 2.05) is 52.0 Å². The average molecular weight is 696 g/mol. The van der Waals surface area contributed by atoms with Crippen LogP contribution >= 0.6 is 0 Å². The van der Waals surface area contributed by atoms with Crippen LogP contribution in [-0.4, -0.2) is 82.9 Å². The number of aromatic nitrogens is 3. The zero-order valence-electron chi connectivity index (χ0n) is 26.4. The summed E-state index contributed by atoms with van der Waals surface area (Å²) in [5, 5.41) is 21.1. The van der Waals surface area contributed by atoms with E-state index in [1.165, 1.54) is 16.9 Å². The number of aliphatic imine (C=N–C) groups is 1. The van der Waals surface area contributed by atoms with Gasteiger partial charge in [0, 0.05) is 41.0 Å². The van der Waals surface area contributed by atoms with Gasteiger partial charge in [0.1, 0.15) is 5.71 Å². The lowest BCUT2D eigenvalue weighted by molar-refractivity contribution is 0.102. The summed E-state index contributed by atoms with van der Waals surface area (Å²) in [5.74, 6) is -0.116. The van der Waals surface area contributed by atoms with Crippen LogP contribution in [0.4, 0.5) is 17.1 Å². The lowest BCUT2D eigenvalue weighted by atomic mass is 9.87. The monoisotopic (exact) mass is 695 g/mol. The summed E-state index contributed by atoms with van der Waals surface area (Å²) in [7, 11) is -9.78. The van der Waals surface area contributed by atoms with Crippen LogP contribution in [0.1, 0.15) is 43.9 Å². The minimum Gasteiger partial charge on any atom is -0.395 e. The number of hydrogen-bond donors (Lipinski definition) is 4. The number of carbonyl (C=O) groups excluding carboxylic acids is 1. The molecule has 15 nitrogen and oxygen atoms in total. The smallest absolute Gasteiger partial charge is 0.294 e. The fraction of sp³-hybridized carbons (Fsp3) is 0.258. The average Bonchev–Trinajstić information content (AvgIpc) is 3.59. The second-order valence-electron chi connectivity index (χ2n) is 11.8. The summed E-state index contributed by atoms with van der Waals surface area (Å²) >= 11 is 0. The number of aliphatic hydroxyl groups is 1. The summed E-state index contributed by atoms with van der Waals surface area (Å²) in [6.45, 7) is 9.38. The summed E-state index contributed by atoms with van der Waals surface area (Å²) in [6, 6.07) is 16.1. The predicted molar refractivity (Wildman–Crippen MR) is 179 cm³/mol. The van der Waals surface area contributed by atoms with E-state index in [9.17, 15) is 35.8 Å². The van der Waals surface area contributed by atoms with Gasteiger partial charge in [0.25, 0.3) is 26.1 Å². The number of hydrogen-bond acceptors (Lipinski definition) is 11. The van der Waals surface area contributed by atoms with Crippen LogP contribution in [0.3, 0.4) is 0 Å². The molecule has 48 heavy (non-hydrogen) atoms. The Morgan fingerprint density at radius 2 is 1.54 bits per heavy atom. The molecule has 0 radical (unpaired) electrons. The number of anilines is 2. The van der Waals surface area contributed by atoms with Crippen molar-refractivity contribution in [1.29, 1.82) is 0 Å². The third kappa shape index (κ3) is 7.50. The molecule has 0 fully saturated rings. The Balaban J connectivity index is 1.41. The Morgan fingerprint density at radius 3 is 2.06 bits per heavy atom. The number of amides is 1. The minimum absolute atomic E-state index is 0.0488. The maximum atomic E-state index is 12.9. The lowest BCUT2D eigenvalue weighted by Crippen LogP contribution is -2.27. The first-order valence-corrected chi connectivity index (χ1v) is 17.5. The maximum absolute atomic E-state index is 12.9. The first kappa shape index (κ1) is 34.5. The van der Waals surface area contributed by atoms with Gasteiger partial charge in [-0.25, -0.2) is 9.98 Å². The highest BCUT2D eigenvalue weighted by molar-refractivity contribution is 7.86. The molecule has 3 aromatic carbocycles. The molecular weight excluding hydrogens is 663 g/mol. The fourth-order valence-electron chi connectivity index (χ4n) is 4.86. The van der Waals surface area contributed by atoms with Crippen molar-refractivity contribution < 1.29 is 35.8 Å². The molecule has 0 saturated carbocycles. The van der Waals surface area contributed by atoms with Crippen molar-refractivity contribution >= 4 is 54.6 Å². The first-order chi connectivity index (χ1) is 22.5. The van der Waals surface area contributed by atoms with Gasteiger partial charge in [-0.3, -0.25) is 13.9 Å². The van der Waals surface area contributed by atoms with E-state index in [0.29, 0.717) is 46.9 Å². The van der Waals surface area contributed by atoms with Crippen molar-refractivity contribution in [3.63, 3.8) is 0 Å². The van der Waals surface area contributed by atoms with Gasteiger partial charge < -0.3 is 15.3 Å². The maximum Gasteiger partial charge on any atom is 0.294 e. The van der Waals surface area contributed by atoms with Gasteiger partial charge in [0.15, 0.2) is 5.82 Å². The number of benzene rings is 3. The predicted octanol–water partition coefficient (Wildman–Crippen LogP) is 3.89. The number of nitrogens with one attached hydrogen (secondary N) is 1. The number of rotatable bonds is 10. The molecule has 1 aromatic heterocycles. The van der Waals surface area contributed by atoms with E-state index in [1.54, 1.807) is 12.1 Å². The van der Waals surface area contributed by atoms with Crippen molar-refractivity contribution in [2.24, 2.45) is 15.5 Å². The van der Waals surface area contributed by atoms with Crippen LogP contribution in [0.5, 0.6) is 0 Å². The van der Waals surface area contributed by atoms with Gasteiger partial charge in [-0.2, -0.15) is 21.9 Å². The lowest BCUT2D eigenvalue weighted by Gasteiger charge is -2.22. The van der Waals surface area contributed by atoms with Crippen LogP contribution < -0.4 is 10.2 Å². The highest BCUT2D eigenvalue weighted by Gasteiger charge is 2.35. The molecule has 2 heterocycles. The van der Waals surface area contributed by atoms with Crippen LogP contribution in [0.15, 0.2) is 86.6 Å². The summed E-state index contributed by atoms with van der Waals surface area (Å²) in [4.78, 5) is 24.2. The Bertz CT molecular complexity index is 2100. The van der Waals surface area contributed by atoms with Gasteiger partial charge in [-0.1, -0.05) is 20.8 Å². The molecule has 5 rings (SSSR count). The van der Waals surface area contributed by atoms with E-state index in [0.717, 1.165) is 24.4 Å². The molecule has 0 unspecified atom stereocenters. The van der Waals surface area contributed by atoms with Crippen molar-refractivity contribution in [2.75, 3.05) is 29.9 Å². The third-order valence-corrected chi connectivity index (χ3v) is 8.94. The quantitative estimate of drug-likeness (QED) is 0.175. The summed E-state index contributed by atoms with van der Waals surface area (Å²) < 4.78 is 65.3. The van der Waals surface area contributed by atoms with Crippen LogP contribution in [-0.2, 0) is 20.2 Å². The molecule has 4 N–H and O–H groups in total. The van der Waals surface area contributed by atoms with Crippen molar-refractivity contribution in [3.05, 3.63) is 78.1 Å². The molecule has 0 spiro atoms. The number of fused-ring (bicyclic) bond motifs is 1. The molecule has 1 amide bonds. The second kappa shape index (κ2) is 13.0. The van der Waals surface area contributed by atoms with Gasteiger partial charge >= 0.3 is 0 Å². The number of likely N-dealkylation sites (N-methyl/N-ethyl adjacent to an activating group) is 1. The number of aliphatic hydroxyl groups excluding tert-OH is 1. The molecule has 1 aliphatic rings. The molecule has 252 valence electrons. The second-order valence-corrected chi connectivity index (χ2v) is 14.6. The van der Waals surface area contributed by atoms with Crippen LogP contribution in [0.25, 0.3) is 11.4 Å². The van der Waals surface area contributed by atoms with Gasteiger partial charge in [-0.15, -0.1) is 9.89 Å². The van der Waals surface area contributed by atoms with Crippen molar-refractivity contribution in [2.45, 2.75) is 37.5 Å². The van der Waals surface area contributed by atoms with Crippen LogP contribution in [0, 0.1) is 5.41 Å². The normalized spacial score (nSPS) is 14.1. The van der Waals surface area contributed by atoms with E-state index in [4.69, 9.17) is 9.98 Å². The Kier molecular flexibility index (Phi) is 9.35. The minimum atomic E-state index is -4.89. The summed E-state index contributed by atoms with van der Waals surface area (Å²) in [6.07, 6.45) is 0. The van der Waals surface area contributed by atoms with E-state index in [2.05, 4.69) is 20.4 Å². The Morgan fingerprint density at radius 1 is 0.938 bits per heavy atom. The van der Waals surface area contributed by atoms with E-state index in [-0.39, 0.29) is 17.7 Å². The zero-order valence-corrected chi connectivity index (χ0v) is 28.0. The van der Waals surface area contributed by atoms with E-state index < -0.39 is 41.5 Å². The molecule has 0 saturated heterocycles. The summed E-state index contributed by atoms with van der Waals surface area (Å²) in [5.41, 5.74) is 2.97. The molecule has 17 heteroatoms. The fourth-order valence-corrected chi connectivity index (χ4v) is 6.04. The molecule has 0 aliphatic carbocycles. The highest BCUT2D eigenvalue weighted by atomic mass is 32.2. The molecule has 1 aliphatic heterocycles. The third-order valence-electron chi connectivity index (χ3n) is 7.28. The molecular formula is C31H33N7O8S2. The topological polar surface area (TPSA) is 217 Å². The SMILES string of the molecule is CCN(CCO)c1ccc(N=C2C(C(C)(C)C)=Nn3nc(-c4ccc(NC(=O)c5cc(S(=O)(=O)O)cc(S(=O)(=O)O)c5)cc4)nc32)cc1. The van der Waals surface area contributed by atoms with Gasteiger partial charge in [-0.05, 0) is 73.7 Å². The molecule has 0 bridgehead atoms. The van der Waals surface area contributed by atoms with Gasteiger partial charge in [0.2, 0.25) is 5.82 Å². The highest BCUT2D eigenvalue weighted by Crippen LogP contribution is 2.30. The van der Waals surface area contributed by atoms with Crippen LogP contribution in [0.2, 0.25) is 0 Å². The molecule has 4 aromatic rings. The van der Waals surface area contributed by atoms with Gasteiger partial charge in [0.05, 0.1) is 27.8 Å². The number of nitrogens with zero attached hydrogens (tertiary/aromatic N) is 6.